The molecule has 0 aliphatic rings. The number of hydrogen-bond donors (Lipinski definition) is 0. The molecule has 0 atom stereocenters. The van der Waals surface area contributed by atoms with Crippen LogP contribution in [0.2, 0.25) is 5.02 Å². The molecule has 7 heteroatoms. The zero-order chi connectivity index (χ0) is 17.2. The van der Waals surface area contributed by atoms with E-state index in [1.165, 1.54) is 10.7 Å². The molecule has 4 nitrogen and oxygen atoms in total. The molecule has 0 unspecified atom stereocenters. The Hall–Kier alpha value is -1.84. The summed E-state index contributed by atoms with van der Waals surface area (Å²) in [5, 5.41) is 5.12. The van der Waals surface area contributed by atoms with Crippen LogP contribution in [0, 0.1) is 18.2 Å². The van der Waals surface area contributed by atoms with Crippen molar-refractivity contribution in [1.82, 2.24) is 9.78 Å². The largest absolute Gasteiger partial charge is 0.478 e. The number of rotatable bonds is 5. The highest BCUT2D eigenvalue weighted by atomic mass is 35.5. The van der Waals surface area contributed by atoms with Gasteiger partial charge in [-0.05, 0) is 12.5 Å². The SMILES string of the molecule is C#CCOc1cc(-n2nc(C(C)(C)CC)sc2=O)c(Cl)cc1F. The Labute approximate surface area is 142 Å². The topological polar surface area (TPSA) is 44.1 Å². The number of ether oxygens (including phenoxy) is 1. The van der Waals surface area contributed by atoms with Crippen LogP contribution in [-0.2, 0) is 5.41 Å². The molecule has 23 heavy (non-hydrogen) atoms. The van der Waals surface area contributed by atoms with Gasteiger partial charge in [-0.3, -0.25) is 4.79 Å². The van der Waals surface area contributed by atoms with Crippen molar-refractivity contribution in [2.45, 2.75) is 32.6 Å². The molecule has 0 fully saturated rings. The lowest BCUT2D eigenvalue weighted by Crippen LogP contribution is -2.17. The maximum atomic E-state index is 13.8. The van der Waals surface area contributed by atoms with E-state index in [-0.39, 0.29) is 33.4 Å². The minimum atomic E-state index is -0.647. The Bertz CT molecular complexity index is 820. The van der Waals surface area contributed by atoms with E-state index in [0.717, 1.165) is 23.8 Å². The van der Waals surface area contributed by atoms with Gasteiger partial charge in [-0.1, -0.05) is 49.6 Å². The first kappa shape index (κ1) is 17.5. The Balaban J connectivity index is 2.55. The average molecular weight is 355 g/mol. The van der Waals surface area contributed by atoms with Crippen LogP contribution in [-0.4, -0.2) is 16.4 Å². The first-order valence-corrected chi connectivity index (χ1v) is 8.16. The molecule has 122 valence electrons. The van der Waals surface area contributed by atoms with Crippen molar-refractivity contribution in [3.8, 4) is 23.8 Å². The standard InChI is InChI=1S/C16H16ClFN2O2S/c1-5-7-22-13-9-12(10(17)8-11(13)18)20-15(21)23-14(19-20)16(3,4)6-2/h1,8-9H,6-7H2,2-4H3. The number of aromatic nitrogens is 2. The molecular weight excluding hydrogens is 339 g/mol. The Morgan fingerprint density at radius 3 is 2.83 bits per heavy atom. The van der Waals surface area contributed by atoms with Crippen LogP contribution in [0.25, 0.3) is 5.69 Å². The molecule has 0 aliphatic heterocycles. The second-order valence-electron chi connectivity index (χ2n) is 5.55. The smallest absolute Gasteiger partial charge is 0.329 e. The van der Waals surface area contributed by atoms with Crippen LogP contribution in [0.15, 0.2) is 16.9 Å². The van der Waals surface area contributed by atoms with Crippen LogP contribution in [0.5, 0.6) is 5.75 Å². The van der Waals surface area contributed by atoms with E-state index >= 15 is 0 Å². The molecule has 0 N–H and O–H groups in total. The van der Waals surface area contributed by atoms with Crippen LogP contribution < -0.4 is 9.61 Å². The second kappa shape index (κ2) is 6.73. The van der Waals surface area contributed by atoms with Gasteiger partial charge in [0.1, 0.15) is 11.6 Å². The van der Waals surface area contributed by atoms with Gasteiger partial charge in [0.05, 0.1) is 10.7 Å². The first-order valence-electron chi connectivity index (χ1n) is 6.96. The van der Waals surface area contributed by atoms with E-state index in [4.69, 9.17) is 22.8 Å². The number of halogens is 2. The van der Waals surface area contributed by atoms with E-state index < -0.39 is 5.82 Å². The third-order valence-electron chi connectivity index (χ3n) is 3.55. The van der Waals surface area contributed by atoms with E-state index in [1.54, 1.807) is 0 Å². The van der Waals surface area contributed by atoms with E-state index in [1.807, 2.05) is 20.8 Å². The Morgan fingerprint density at radius 2 is 2.22 bits per heavy atom. The molecule has 1 heterocycles. The molecule has 0 radical (unpaired) electrons. The van der Waals surface area contributed by atoms with Gasteiger partial charge in [0.15, 0.2) is 11.6 Å². The highest BCUT2D eigenvalue weighted by molar-refractivity contribution is 7.09. The van der Waals surface area contributed by atoms with Gasteiger partial charge in [0, 0.05) is 11.5 Å². The molecule has 0 bridgehead atoms. The quantitative estimate of drug-likeness (QED) is 0.767. The summed E-state index contributed by atoms with van der Waals surface area (Å²) >= 11 is 7.12. The van der Waals surface area contributed by atoms with Crippen molar-refractivity contribution in [3.63, 3.8) is 0 Å². The van der Waals surface area contributed by atoms with Crippen molar-refractivity contribution >= 4 is 22.9 Å². The van der Waals surface area contributed by atoms with Gasteiger partial charge in [0.25, 0.3) is 0 Å². The summed E-state index contributed by atoms with van der Waals surface area (Å²) in [6, 6.07) is 2.41. The van der Waals surface area contributed by atoms with Crippen molar-refractivity contribution in [2.24, 2.45) is 0 Å². The lowest BCUT2D eigenvalue weighted by molar-refractivity contribution is 0.348. The summed E-state index contributed by atoms with van der Waals surface area (Å²) in [6.45, 7) is 5.94. The fraction of sp³-hybridized carbons (Fsp3) is 0.375. The summed E-state index contributed by atoms with van der Waals surface area (Å²) in [6.07, 6.45) is 5.93. The highest BCUT2D eigenvalue weighted by Gasteiger charge is 2.25. The van der Waals surface area contributed by atoms with Crippen molar-refractivity contribution in [1.29, 1.82) is 0 Å². The molecule has 1 aromatic heterocycles. The predicted molar refractivity (Wildman–Crippen MR) is 90.3 cm³/mol. The normalized spacial score (nSPS) is 11.3. The summed E-state index contributed by atoms with van der Waals surface area (Å²) in [5.41, 5.74) is 0.0317. The highest BCUT2D eigenvalue weighted by Crippen LogP contribution is 2.31. The number of hydrogen-bond acceptors (Lipinski definition) is 4. The van der Waals surface area contributed by atoms with Gasteiger partial charge in [-0.2, -0.15) is 9.78 Å². The molecule has 0 aliphatic carbocycles. The van der Waals surface area contributed by atoms with E-state index in [2.05, 4.69) is 11.0 Å². The summed E-state index contributed by atoms with van der Waals surface area (Å²) in [4.78, 5) is 12.0. The molecule has 0 amide bonds. The number of benzene rings is 1. The van der Waals surface area contributed by atoms with Crippen molar-refractivity contribution in [3.05, 3.63) is 37.6 Å². The summed E-state index contributed by atoms with van der Waals surface area (Å²) < 4.78 is 20.1. The third kappa shape index (κ3) is 3.57. The fourth-order valence-corrected chi connectivity index (χ4v) is 2.93. The van der Waals surface area contributed by atoms with Crippen LogP contribution in [0.1, 0.15) is 32.2 Å². The van der Waals surface area contributed by atoms with Crippen LogP contribution in [0.3, 0.4) is 0 Å². The zero-order valence-corrected chi connectivity index (χ0v) is 14.6. The lowest BCUT2D eigenvalue weighted by atomic mass is 9.91. The second-order valence-corrected chi connectivity index (χ2v) is 6.90. The van der Waals surface area contributed by atoms with Gasteiger partial charge < -0.3 is 4.74 Å². The zero-order valence-electron chi connectivity index (χ0n) is 13.0. The Kier molecular flexibility index (Phi) is 5.12. The minimum absolute atomic E-state index is 0.0708. The van der Waals surface area contributed by atoms with Gasteiger partial charge >= 0.3 is 4.87 Å². The predicted octanol–water partition coefficient (Wildman–Crippen LogP) is 3.79. The van der Waals surface area contributed by atoms with Crippen molar-refractivity contribution < 1.29 is 9.13 Å². The molecule has 1 aromatic carbocycles. The molecule has 0 saturated heterocycles. The number of nitrogens with zero attached hydrogens (tertiary/aromatic N) is 2. The molecule has 2 aromatic rings. The van der Waals surface area contributed by atoms with Gasteiger partial charge in [0.2, 0.25) is 0 Å². The first-order chi connectivity index (χ1) is 10.8. The lowest BCUT2D eigenvalue weighted by Gasteiger charge is -2.18. The van der Waals surface area contributed by atoms with Crippen LogP contribution in [0.4, 0.5) is 4.39 Å². The molecule has 0 saturated carbocycles. The number of terminal acetylenes is 1. The molecule has 0 spiro atoms. The van der Waals surface area contributed by atoms with Gasteiger partial charge in [-0.15, -0.1) is 6.42 Å². The molecule has 2 rings (SSSR count). The monoisotopic (exact) mass is 354 g/mol. The van der Waals surface area contributed by atoms with Crippen LogP contribution >= 0.6 is 22.9 Å². The molecular formula is C16H16ClFN2O2S. The van der Waals surface area contributed by atoms with Crippen molar-refractivity contribution in [2.75, 3.05) is 6.61 Å². The van der Waals surface area contributed by atoms with E-state index in [9.17, 15) is 9.18 Å². The Morgan fingerprint density at radius 1 is 1.52 bits per heavy atom. The van der Waals surface area contributed by atoms with E-state index in [0.29, 0.717) is 5.01 Å². The third-order valence-corrected chi connectivity index (χ3v) is 5.03. The fourth-order valence-electron chi connectivity index (χ4n) is 1.77. The average Bonchev–Trinajstić information content (AvgIpc) is 2.89. The van der Waals surface area contributed by atoms with Gasteiger partial charge in [-0.25, -0.2) is 4.39 Å². The minimum Gasteiger partial charge on any atom is -0.478 e. The summed E-state index contributed by atoms with van der Waals surface area (Å²) in [5.74, 6) is 1.54. The maximum Gasteiger partial charge on any atom is 0.329 e. The summed E-state index contributed by atoms with van der Waals surface area (Å²) in [7, 11) is 0. The maximum absolute atomic E-state index is 13.8.